The van der Waals surface area contributed by atoms with E-state index in [2.05, 4.69) is 5.32 Å². The van der Waals surface area contributed by atoms with Gasteiger partial charge in [0.2, 0.25) is 0 Å². The zero-order valence-electron chi connectivity index (χ0n) is 10.9. The molecule has 0 spiro atoms. The number of aryl methyl sites for hydroxylation is 1. The van der Waals surface area contributed by atoms with Crippen molar-refractivity contribution >= 4 is 17.3 Å². The zero-order chi connectivity index (χ0) is 13.8. The number of anilines is 2. The fraction of sp³-hybridized carbons (Fsp3) is 0.133. The van der Waals surface area contributed by atoms with Gasteiger partial charge in [-0.2, -0.15) is 0 Å². The molecule has 2 rings (SSSR count). The molecule has 0 unspecified atom stereocenters. The van der Waals surface area contributed by atoms with Crippen molar-refractivity contribution in [1.82, 2.24) is 0 Å². The number of nitrogen functional groups attached to an aromatic ring is 1. The van der Waals surface area contributed by atoms with Gasteiger partial charge in [-0.1, -0.05) is 18.2 Å². The number of carbonyl (C=O) groups excluding carboxylic acids is 1. The Morgan fingerprint density at radius 1 is 1.21 bits per heavy atom. The number of ether oxygens (including phenoxy) is 1. The third-order valence-corrected chi connectivity index (χ3v) is 2.90. The summed E-state index contributed by atoms with van der Waals surface area (Å²) in [6, 6.07) is 12.5. The standard InChI is InChI=1S/C15H16N2O2/c1-10-7-8-11(19-2)9-14(10)17-15(18)12-5-3-4-6-13(12)16/h3-9H,16H2,1-2H3,(H,17,18). The van der Waals surface area contributed by atoms with Crippen LogP contribution in [-0.4, -0.2) is 13.0 Å². The fourth-order valence-electron chi connectivity index (χ4n) is 1.76. The summed E-state index contributed by atoms with van der Waals surface area (Å²) in [6.45, 7) is 1.92. The molecule has 19 heavy (non-hydrogen) atoms. The molecule has 0 radical (unpaired) electrons. The van der Waals surface area contributed by atoms with Crippen molar-refractivity contribution in [2.24, 2.45) is 0 Å². The minimum Gasteiger partial charge on any atom is -0.497 e. The van der Waals surface area contributed by atoms with Gasteiger partial charge in [-0.15, -0.1) is 0 Å². The number of benzene rings is 2. The molecule has 0 atom stereocenters. The second-order valence-corrected chi connectivity index (χ2v) is 4.22. The van der Waals surface area contributed by atoms with Crippen LogP contribution < -0.4 is 15.8 Å². The first-order valence-corrected chi connectivity index (χ1v) is 5.92. The number of rotatable bonds is 3. The second kappa shape index (κ2) is 5.44. The van der Waals surface area contributed by atoms with E-state index in [4.69, 9.17) is 10.5 Å². The Balaban J connectivity index is 2.26. The Morgan fingerprint density at radius 2 is 1.95 bits per heavy atom. The van der Waals surface area contributed by atoms with Crippen molar-refractivity contribution in [2.75, 3.05) is 18.2 Å². The molecule has 4 heteroatoms. The van der Waals surface area contributed by atoms with Gasteiger partial charge in [-0.05, 0) is 30.7 Å². The highest BCUT2D eigenvalue weighted by Gasteiger charge is 2.10. The van der Waals surface area contributed by atoms with Crippen LogP contribution in [0.25, 0.3) is 0 Å². The van der Waals surface area contributed by atoms with E-state index in [-0.39, 0.29) is 5.91 Å². The minimum atomic E-state index is -0.227. The second-order valence-electron chi connectivity index (χ2n) is 4.22. The van der Waals surface area contributed by atoms with Crippen LogP contribution in [-0.2, 0) is 0 Å². The number of carbonyl (C=O) groups is 1. The van der Waals surface area contributed by atoms with Crippen LogP contribution in [0, 0.1) is 6.92 Å². The molecule has 0 heterocycles. The summed E-state index contributed by atoms with van der Waals surface area (Å²) in [4.78, 5) is 12.2. The lowest BCUT2D eigenvalue weighted by Crippen LogP contribution is -2.14. The molecule has 0 aliphatic heterocycles. The fourth-order valence-corrected chi connectivity index (χ4v) is 1.76. The number of nitrogens with one attached hydrogen (secondary N) is 1. The van der Waals surface area contributed by atoms with Crippen LogP contribution in [0.1, 0.15) is 15.9 Å². The van der Waals surface area contributed by atoms with Gasteiger partial charge in [0.1, 0.15) is 5.75 Å². The number of methoxy groups -OCH3 is 1. The van der Waals surface area contributed by atoms with E-state index in [1.54, 1.807) is 37.4 Å². The highest BCUT2D eigenvalue weighted by Crippen LogP contribution is 2.23. The number of nitrogens with two attached hydrogens (primary N) is 1. The Labute approximate surface area is 112 Å². The van der Waals surface area contributed by atoms with Crippen molar-refractivity contribution in [3.05, 3.63) is 53.6 Å². The number of para-hydroxylation sites is 1. The van der Waals surface area contributed by atoms with Crippen LogP contribution in [0.5, 0.6) is 5.75 Å². The van der Waals surface area contributed by atoms with E-state index in [1.165, 1.54) is 0 Å². The highest BCUT2D eigenvalue weighted by atomic mass is 16.5. The lowest BCUT2D eigenvalue weighted by molar-refractivity contribution is 0.102. The molecule has 0 saturated carbocycles. The molecule has 2 aromatic carbocycles. The first-order chi connectivity index (χ1) is 9.11. The Hall–Kier alpha value is -2.49. The predicted octanol–water partition coefficient (Wildman–Crippen LogP) is 2.84. The molecule has 0 aromatic heterocycles. The Kier molecular flexibility index (Phi) is 3.71. The molecule has 98 valence electrons. The first kappa shape index (κ1) is 13.0. The molecule has 0 bridgehead atoms. The molecule has 3 N–H and O–H groups in total. The summed E-state index contributed by atoms with van der Waals surface area (Å²) in [5.41, 5.74) is 8.38. The van der Waals surface area contributed by atoms with Crippen molar-refractivity contribution in [2.45, 2.75) is 6.92 Å². The van der Waals surface area contributed by atoms with Crippen molar-refractivity contribution in [3.8, 4) is 5.75 Å². The zero-order valence-corrected chi connectivity index (χ0v) is 10.9. The summed E-state index contributed by atoms with van der Waals surface area (Å²) in [7, 11) is 1.59. The lowest BCUT2D eigenvalue weighted by atomic mass is 10.1. The first-order valence-electron chi connectivity index (χ1n) is 5.92. The molecule has 4 nitrogen and oxygen atoms in total. The van der Waals surface area contributed by atoms with Crippen molar-refractivity contribution < 1.29 is 9.53 Å². The molecule has 0 fully saturated rings. The van der Waals surface area contributed by atoms with E-state index in [9.17, 15) is 4.79 Å². The van der Waals surface area contributed by atoms with Crippen molar-refractivity contribution in [3.63, 3.8) is 0 Å². The molecule has 0 aliphatic rings. The Morgan fingerprint density at radius 3 is 2.63 bits per heavy atom. The van der Waals surface area contributed by atoms with E-state index >= 15 is 0 Å². The summed E-state index contributed by atoms with van der Waals surface area (Å²) >= 11 is 0. The van der Waals surface area contributed by atoms with Crippen LogP contribution in [0.4, 0.5) is 11.4 Å². The average molecular weight is 256 g/mol. The monoisotopic (exact) mass is 256 g/mol. The summed E-state index contributed by atoms with van der Waals surface area (Å²) in [5, 5.41) is 2.84. The van der Waals surface area contributed by atoms with Gasteiger partial charge in [0.15, 0.2) is 0 Å². The summed E-state index contributed by atoms with van der Waals surface area (Å²) < 4.78 is 5.14. The van der Waals surface area contributed by atoms with Crippen molar-refractivity contribution in [1.29, 1.82) is 0 Å². The largest absolute Gasteiger partial charge is 0.497 e. The van der Waals surface area contributed by atoms with Gasteiger partial charge in [-0.25, -0.2) is 0 Å². The molecule has 0 saturated heterocycles. The van der Waals surface area contributed by atoms with Crippen LogP contribution in [0.15, 0.2) is 42.5 Å². The highest BCUT2D eigenvalue weighted by molar-refractivity contribution is 6.08. The predicted molar refractivity (Wildman–Crippen MR) is 76.5 cm³/mol. The number of hydrogen-bond acceptors (Lipinski definition) is 3. The normalized spacial score (nSPS) is 10.0. The van der Waals surface area contributed by atoms with Crippen LogP contribution in [0.3, 0.4) is 0 Å². The molecule has 1 amide bonds. The quantitative estimate of drug-likeness (QED) is 0.830. The lowest BCUT2D eigenvalue weighted by Gasteiger charge is -2.11. The van der Waals surface area contributed by atoms with E-state index < -0.39 is 0 Å². The average Bonchev–Trinajstić information content (AvgIpc) is 2.41. The SMILES string of the molecule is COc1ccc(C)c(NC(=O)c2ccccc2N)c1. The van der Waals surface area contributed by atoms with E-state index in [0.29, 0.717) is 22.7 Å². The molecular weight excluding hydrogens is 240 g/mol. The Bertz CT molecular complexity index is 609. The molecular formula is C15H16N2O2. The molecule has 2 aromatic rings. The summed E-state index contributed by atoms with van der Waals surface area (Å²) in [6.07, 6.45) is 0. The third kappa shape index (κ3) is 2.85. The van der Waals surface area contributed by atoms with Gasteiger partial charge >= 0.3 is 0 Å². The smallest absolute Gasteiger partial charge is 0.257 e. The van der Waals surface area contributed by atoms with E-state index in [0.717, 1.165) is 5.56 Å². The van der Waals surface area contributed by atoms with Gasteiger partial charge < -0.3 is 15.8 Å². The maximum absolute atomic E-state index is 12.2. The number of amides is 1. The van der Waals surface area contributed by atoms with Gasteiger partial charge in [-0.3, -0.25) is 4.79 Å². The van der Waals surface area contributed by atoms with Gasteiger partial charge in [0, 0.05) is 17.4 Å². The maximum Gasteiger partial charge on any atom is 0.257 e. The number of hydrogen-bond donors (Lipinski definition) is 2. The van der Waals surface area contributed by atoms with Gasteiger partial charge in [0.25, 0.3) is 5.91 Å². The minimum absolute atomic E-state index is 0.227. The topological polar surface area (TPSA) is 64.3 Å². The van der Waals surface area contributed by atoms with Crippen LogP contribution >= 0.6 is 0 Å². The van der Waals surface area contributed by atoms with Gasteiger partial charge in [0.05, 0.1) is 12.7 Å². The van der Waals surface area contributed by atoms with E-state index in [1.807, 2.05) is 19.1 Å². The molecule has 0 aliphatic carbocycles. The summed E-state index contributed by atoms with van der Waals surface area (Å²) in [5.74, 6) is 0.469. The third-order valence-electron chi connectivity index (χ3n) is 2.90. The maximum atomic E-state index is 12.2. The van der Waals surface area contributed by atoms with Crippen LogP contribution in [0.2, 0.25) is 0 Å².